The molecule has 2 aliphatic heterocycles. The second-order valence-corrected chi connectivity index (χ2v) is 7.06. The SMILES string of the molecule is O=C(Nc1cc(C(F)(F)F)ccc1Cl)C1CN(C(=O)c2ccc3c(c2)OCO3)C1. The Morgan fingerprint density at radius 1 is 1.07 bits per heavy atom. The minimum Gasteiger partial charge on any atom is -0.454 e. The first-order chi connectivity index (χ1) is 13.7. The maximum atomic E-state index is 12.8. The summed E-state index contributed by atoms with van der Waals surface area (Å²) in [6.07, 6.45) is -4.55. The molecule has 2 aromatic rings. The molecule has 2 heterocycles. The van der Waals surface area contributed by atoms with Gasteiger partial charge in [0.1, 0.15) is 0 Å². The van der Waals surface area contributed by atoms with Gasteiger partial charge in [0.05, 0.1) is 22.2 Å². The van der Waals surface area contributed by atoms with Gasteiger partial charge in [0, 0.05) is 18.7 Å². The molecule has 0 saturated carbocycles. The molecular formula is C19H14ClF3N2O4. The number of rotatable bonds is 3. The van der Waals surface area contributed by atoms with Crippen LogP contribution in [0.25, 0.3) is 0 Å². The van der Waals surface area contributed by atoms with Gasteiger partial charge in [0.25, 0.3) is 5.91 Å². The highest BCUT2D eigenvalue weighted by molar-refractivity contribution is 6.33. The number of carbonyl (C=O) groups excluding carboxylic acids is 2. The Morgan fingerprint density at radius 2 is 1.79 bits per heavy atom. The lowest BCUT2D eigenvalue weighted by atomic mass is 9.97. The number of likely N-dealkylation sites (tertiary alicyclic amines) is 1. The Balaban J connectivity index is 1.38. The van der Waals surface area contributed by atoms with Crippen molar-refractivity contribution in [3.63, 3.8) is 0 Å². The fourth-order valence-corrected chi connectivity index (χ4v) is 3.22. The molecule has 1 saturated heterocycles. The maximum Gasteiger partial charge on any atom is 0.416 e. The second-order valence-electron chi connectivity index (χ2n) is 6.66. The van der Waals surface area contributed by atoms with Gasteiger partial charge in [-0.2, -0.15) is 13.2 Å². The predicted molar refractivity (Wildman–Crippen MR) is 97.0 cm³/mol. The molecule has 2 aliphatic rings. The van der Waals surface area contributed by atoms with Crippen LogP contribution in [0, 0.1) is 5.92 Å². The van der Waals surface area contributed by atoms with E-state index >= 15 is 0 Å². The molecular weight excluding hydrogens is 413 g/mol. The third-order valence-corrected chi connectivity index (χ3v) is 5.04. The molecule has 152 valence electrons. The quantitative estimate of drug-likeness (QED) is 0.810. The van der Waals surface area contributed by atoms with E-state index in [1.807, 2.05) is 0 Å². The number of carbonyl (C=O) groups is 2. The molecule has 0 atom stereocenters. The normalized spacial score (nSPS) is 15.8. The maximum absolute atomic E-state index is 12.8. The minimum atomic E-state index is -4.55. The van der Waals surface area contributed by atoms with Gasteiger partial charge in [0.2, 0.25) is 12.7 Å². The van der Waals surface area contributed by atoms with E-state index in [4.69, 9.17) is 21.1 Å². The van der Waals surface area contributed by atoms with Gasteiger partial charge < -0.3 is 19.7 Å². The van der Waals surface area contributed by atoms with Crippen molar-refractivity contribution in [3.05, 3.63) is 52.5 Å². The number of anilines is 1. The van der Waals surface area contributed by atoms with E-state index in [2.05, 4.69) is 5.32 Å². The lowest BCUT2D eigenvalue weighted by molar-refractivity contribution is -0.137. The van der Waals surface area contributed by atoms with E-state index in [9.17, 15) is 22.8 Å². The Labute approximate surface area is 168 Å². The average molecular weight is 427 g/mol. The van der Waals surface area contributed by atoms with E-state index in [-0.39, 0.29) is 36.5 Å². The summed E-state index contributed by atoms with van der Waals surface area (Å²) in [7, 11) is 0. The van der Waals surface area contributed by atoms with E-state index in [0.29, 0.717) is 17.1 Å². The molecule has 6 nitrogen and oxygen atoms in total. The van der Waals surface area contributed by atoms with Crippen molar-refractivity contribution < 1.29 is 32.2 Å². The van der Waals surface area contributed by atoms with Crippen LogP contribution in [0.3, 0.4) is 0 Å². The number of ether oxygens (including phenoxy) is 2. The molecule has 0 bridgehead atoms. The van der Waals surface area contributed by atoms with E-state index in [1.165, 1.54) is 4.90 Å². The molecule has 1 N–H and O–H groups in total. The zero-order valence-corrected chi connectivity index (χ0v) is 15.5. The number of nitrogens with zero attached hydrogens (tertiary/aromatic N) is 1. The Kier molecular flexibility index (Phi) is 4.77. The van der Waals surface area contributed by atoms with Gasteiger partial charge in [-0.1, -0.05) is 11.6 Å². The molecule has 4 rings (SSSR count). The fourth-order valence-electron chi connectivity index (χ4n) is 3.05. The number of nitrogens with one attached hydrogen (secondary N) is 1. The van der Waals surface area contributed by atoms with Crippen LogP contribution in [0.1, 0.15) is 15.9 Å². The first-order valence-electron chi connectivity index (χ1n) is 8.59. The third-order valence-electron chi connectivity index (χ3n) is 4.71. The smallest absolute Gasteiger partial charge is 0.416 e. The monoisotopic (exact) mass is 426 g/mol. The first-order valence-corrected chi connectivity index (χ1v) is 8.97. The Hall–Kier alpha value is -2.94. The van der Waals surface area contributed by atoms with Gasteiger partial charge >= 0.3 is 6.18 Å². The largest absolute Gasteiger partial charge is 0.454 e. The van der Waals surface area contributed by atoms with Crippen LogP contribution in [0.15, 0.2) is 36.4 Å². The summed E-state index contributed by atoms with van der Waals surface area (Å²) in [5.74, 6) is -0.283. The Bertz CT molecular complexity index is 990. The van der Waals surface area contributed by atoms with Crippen molar-refractivity contribution in [1.82, 2.24) is 4.90 Å². The first kappa shape index (κ1) is 19.4. The van der Waals surface area contributed by atoms with Crippen molar-refractivity contribution in [2.45, 2.75) is 6.18 Å². The number of amides is 2. The van der Waals surface area contributed by atoms with E-state index in [1.54, 1.807) is 18.2 Å². The molecule has 0 aromatic heterocycles. The molecule has 2 aromatic carbocycles. The molecule has 0 aliphatic carbocycles. The van der Waals surface area contributed by atoms with Crippen LogP contribution >= 0.6 is 11.6 Å². The highest BCUT2D eigenvalue weighted by atomic mass is 35.5. The van der Waals surface area contributed by atoms with Crippen LogP contribution in [0.2, 0.25) is 5.02 Å². The summed E-state index contributed by atoms with van der Waals surface area (Å²) in [4.78, 5) is 26.3. The highest BCUT2D eigenvalue weighted by Gasteiger charge is 2.37. The Morgan fingerprint density at radius 3 is 2.52 bits per heavy atom. The number of hydrogen-bond acceptors (Lipinski definition) is 4. The van der Waals surface area contributed by atoms with Crippen molar-refractivity contribution in [3.8, 4) is 11.5 Å². The van der Waals surface area contributed by atoms with E-state index in [0.717, 1.165) is 18.2 Å². The molecule has 10 heteroatoms. The van der Waals surface area contributed by atoms with Crippen LogP contribution in [0.5, 0.6) is 11.5 Å². The van der Waals surface area contributed by atoms with Crippen LogP contribution < -0.4 is 14.8 Å². The molecule has 1 fully saturated rings. The summed E-state index contributed by atoms with van der Waals surface area (Å²) < 4.78 is 49.0. The molecule has 0 radical (unpaired) electrons. The minimum absolute atomic E-state index is 0.000958. The standard InChI is InChI=1S/C19H14ClF3N2O4/c20-13-3-2-12(19(21,22)23)6-14(13)24-17(26)11-7-25(8-11)18(27)10-1-4-15-16(5-10)29-9-28-15/h1-6,11H,7-9H2,(H,24,26). The lowest BCUT2D eigenvalue weighted by Crippen LogP contribution is -2.54. The number of halogens is 4. The second kappa shape index (κ2) is 7.14. The summed E-state index contributed by atoms with van der Waals surface area (Å²) >= 11 is 5.89. The fraction of sp³-hybridized carbons (Fsp3) is 0.263. The summed E-state index contributed by atoms with van der Waals surface area (Å²) in [6, 6.07) is 7.51. The third kappa shape index (κ3) is 3.82. The van der Waals surface area contributed by atoms with Crippen LogP contribution in [-0.2, 0) is 11.0 Å². The van der Waals surface area contributed by atoms with Crippen LogP contribution in [0.4, 0.5) is 18.9 Å². The van der Waals surface area contributed by atoms with Crippen molar-refractivity contribution in [2.24, 2.45) is 5.92 Å². The predicted octanol–water partition coefficient (Wildman–Crippen LogP) is 3.80. The topological polar surface area (TPSA) is 67.9 Å². The number of fused-ring (bicyclic) bond motifs is 1. The number of benzene rings is 2. The van der Waals surface area contributed by atoms with Gasteiger partial charge in [-0.25, -0.2) is 0 Å². The molecule has 0 unspecified atom stereocenters. The summed E-state index contributed by atoms with van der Waals surface area (Å²) in [6.45, 7) is 0.391. The van der Waals surface area contributed by atoms with Crippen molar-refractivity contribution >= 4 is 29.1 Å². The molecule has 2 amide bonds. The zero-order chi connectivity index (χ0) is 20.8. The highest BCUT2D eigenvalue weighted by Crippen LogP contribution is 2.35. The van der Waals surface area contributed by atoms with Crippen molar-refractivity contribution in [1.29, 1.82) is 0 Å². The van der Waals surface area contributed by atoms with Gasteiger partial charge in [-0.15, -0.1) is 0 Å². The van der Waals surface area contributed by atoms with Gasteiger partial charge in [-0.3, -0.25) is 9.59 Å². The van der Waals surface area contributed by atoms with Gasteiger partial charge in [0.15, 0.2) is 11.5 Å². The number of hydrogen-bond donors (Lipinski definition) is 1. The molecule has 29 heavy (non-hydrogen) atoms. The summed E-state index contributed by atoms with van der Waals surface area (Å²) in [5, 5.41) is 2.41. The summed E-state index contributed by atoms with van der Waals surface area (Å²) in [5.41, 5.74) is -0.633. The van der Waals surface area contributed by atoms with Crippen LogP contribution in [-0.4, -0.2) is 36.6 Å². The number of alkyl halides is 3. The van der Waals surface area contributed by atoms with E-state index < -0.39 is 23.6 Å². The lowest BCUT2D eigenvalue weighted by Gasteiger charge is -2.38. The van der Waals surface area contributed by atoms with Gasteiger partial charge in [-0.05, 0) is 36.4 Å². The average Bonchev–Trinajstić information content (AvgIpc) is 3.09. The molecule has 0 spiro atoms. The van der Waals surface area contributed by atoms with Crippen molar-refractivity contribution in [2.75, 3.05) is 25.2 Å². The zero-order valence-electron chi connectivity index (χ0n) is 14.8.